The molecule has 0 aliphatic rings. The third-order valence-corrected chi connectivity index (χ3v) is 14.2. The molecule has 24 heavy (non-hydrogen) atoms. The molecule has 0 aromatic heterocycles. The molecule has 0 aliphatic carbocycles. The maximum absolute atomic E-state index is 9.55. The normalized spacial score (nSPS) is 17.1. The first kappa shape index (κ1) is 23.2. The third kappa shape index (κ3) is 6.58. The molecule has 0 spiro atoms. The van der Waals surface area contributed by atoms with E-state index >= 15 is 0 Å². The lowest BCUT2D eigenvalue weighted by atomic mass is 10.1. The van der Waals surface area contributed by atoms with Crippen LogP contribution in [0.15, 0.2) is 24.5 Å². The van der Waals surface area contributed by atoms with Crippen molar-refractivity contribution < 1.29 is 8.85 Å². The summed E-state index contributed by atoms with van der Waals surface area (Å²) in [4.78, 5) is 0. The Bertz CT molecular complexity index is 517. The molecule has 5 heteroatoms. The van der Waals surface area contributed by atoms with E-state index in [0.717, 1.165) is 0 Å². The fourth-order valence-corrected chi connectivity index (χ4v) is 3.70. The monoisotopic (exact) mass is 367 g/mol. The zero-order chi connectivity index (χ0) is 19.4. The van der Waals surface area contributed by atoms with Crippen molar-refractivity contribution in [3.63, 3.8) is 0 Å². The van der Waals surface area contributed by atoms with Crippen molar-refractivity contribution in [2.24, 2.45) is 0 Å². The molecular formula is C19H37NO2Si2. The van der Waals surface area contributed by atoms with Gasteiger partial charge in [-0.3, -0.25) is 0 Å². The van der Waals surface area contributed by atoms with Crippen molar-refractivity contribution in [3.8, 4) is 6.07 Å². The minimum absolute atomic E-state index is 0.0697. The van der Waals surface area contributed by atoms with Gasteiger partial charge in [0, 0.05) is 0 Å². The summed E-state index contributed by atoms with van der Waals surface area (Å²) < 4.78 is 12.3. The smallest absolute Gasteiger partial charge is 0.249 e. The van der Waals surface area contributed by atoms with Crippen LogP contribution < -0.4 is 0 Å². The number of nitriles is 1. The molecule has 0 aromatic carbocycles. The molecule has 0 amide bonds. The Balaban J connectivity index is 5.00. The maximum Gasteiger partial charge on any atom is 0.249 e. The number of hydrogen-bond donors (Lipinski definition) is 0. The van der Waals surface area contributed by atoms with Crippen molar-refractivity contribution in [1.82, 2.24) is 0 Å². The summed E-state index contributed by atoms with van der Waals surface area (Å²) in [7, 11) is -3.79. The van der Waals surface area contributed by atoms with Gasteiger partial charge in [0.25, 0.3) is 0 Å². The second kappa shape index (κ2) is 7.59. The number of nitrogens with zero attached hydrogens (tertiary/aromatic N) is 1. The number of hydrogen-bond acceptors (Lipinski definition) is 3. The molecule has 3 nitrogen and oxygen atoms in total. The van der Waals surface area contributed by atoms with Crippen LogP contribution in [-0.2, 0) is 8.85 Å². The van der Waals surface area contributed by atoms with Crippen LogP contribution in [0.4, 0.5) is 0 Å². The second-order valence-electron chi connectivity index (χ2n) is 9.65. The summed E-state index contributed by atoms with van der Waals surface area (Å²) in [6, 6.07) is 2.30. The molecule has 0 bridgehead atoms. The van der Waals surface area contributed by atoms with Gasteiger partial charge in [0.1, 0.15) is 6.07 Å². The van der Waals surface area contributed by atoms with Crippen molar-refractivity contribution in [2.45, 2.75) is 90.3 Å². The van der Waals surface area contributed by atoms with E-state index in [1.165, 1.54) is 0 Å². The summed E-state index contributed by atoms with van der Waals surface area (Å²) in [5.74, 6) is 0. The average molecular weight is 368 g/mol. The molecule has 0 saturated heterocycles. The zero-order valence-electron chi connectivity index (χ0n) is 17.6. The summed E-state index contributed by atoms with van der Waals surface area (Å²) >= 11 is 0. The van der Waals surface area contributed by atoms with Gasteiger partial charge in [0.15, 0.2) is 13.9 Å². The topological polar surface area (TPSA) is 42.2 Å². The highest BCUT2D eigenvalue weighted by atomic mass is 28.4. The Morgan fingerprint density at radius 1 is 0.792 bits per heavy atom. The van der Waals surface area contributed by atoms with E-state index in [1.807, 2.05) is 25.2 Å². The van der Waals surface area contributed by atoms with Gasteiger partial charge < -0.3 is 8.85 Å². The van der Waals surface area contributed by atoms with Crippen LogP contribution in [0.25, 0.3) is 0 Å². The highest BCUT2D eigenvalue weighted by molar-refractivity contribution is 6.74. The van der Waals surface area contributed by atoms with Crippen LogP contribution in [0.5, 0.6) is 0 Å². The van der Waals surface area contributed by atoms with Crippen LogP contribution in [0.3, 0.4) is 0 Å². The predicted molar refractivity (Wildman–Crippen MR) is 109 cm³/mol. The Kier molecular flexibility index (Phi) is 7.33. The molecule has 0 fully saturated rings. The van der Waals surface area contributed by atoms with Crippen LogP contribution in [-0.4, -0.2) is 22.2 Å². The first-order valence-electron chi connectivity index (χ1n) is 8.61. The van der Waals surface area contributed by atoms with Crippen molar-refractivity contribution in [2.75, 3.05) is 0 Å². The van der Waals surface area contributed by atoms with E-state index in [-0.39, 0.29) is 10.1 Å². The van der Waals surface area contributed by atoms with Gasteiger partial charge >= 0.3 is 0 Å². The van der Waals surface area contributed by atoms with Crippen LogP contribution in [0, 0.1) is 11.3 Å². The molecule has 0 radical (unpaired) electrons. The largest absolute Gasteiger partial charge is 0.549 e. The first-order chi connectivity index (χ1) is 10.5. The average Bonchev–Trinajstić information content (AvgIpc) is 2.34. The highest BCUT2D eigenvalue weighted by Gasteiger charge is 2.42. The lowest BCUT2D eigenvalue weighted by molar-refractivity contribution is 0.178. The molecule has 1 unspecified atom stereocenters. The SMILES string of the molecule is CC(C#N)(/C=C/C=C\O[Si](C)(C)C(C)(C)C)O[Si](C)(C)C(C)(C)C. The molecule has 0 aliphatic heterocycles. The summed E-state index contributed by atoms with van der Waals surface area (Å²) in [5.41, 5.74) is -0.912. The molecule has 138 valence electrons. The Hall–Kier alpha value is -0.836. The Morgan fingerprint density at radius 2 is 1.25 bits per heavy atom. The van der Waals surface area contributed by atoms with Gasteiger partial charge in [-0.25, -0.2) is 0 Å². The Morgan fingerprint density at radius 3 is 1.62 bits per heavy atom. The Labute approximate surface area is 152 Å². The standard InChI is InChI=1S/C19H37NO2Si2/c1-17(2,3)23(8,9)21-15-13-12-14-19(7,16-20)22-24(10,11)18(4,5)6/h12-15H,1-11H3/b14-12+,15-13-. The summed E-state index contributed by atoms with van der Waals surface area (Å²) in [6.45, 7) is 23.7. The van der Waals surface area contributed by atoms with E-state index < -0.39 is 22.2 Å². The van der Waals surface area contributed by atoms with Crippen molar-refractivity contribution in [3.05, 3.63) is 24.5 Å². The second-order valence-corrected chi connectivity index (χ2v) is 19.1. The van der Waals surface area contributed by atoms with Gasteiger partial charge in [-0.2, -0.15) is 5.26 Å². The molecule has 0 heterocycles. The van der Waals surface area contributed by atoms with Crippen molar-refractivity contribution in [1.29, 1.82) is 5.26 Å². The van der Waals surface area contributed by atoms with E-state index in [2.05, 4.69) is 73.8 Å². The van der Waals surface area contributed by atoms with E-state index in [1.54, 1.807) is 6.26 Å². The van der Waals surface area contributed by atoms with Gasteiger partial charge in [-0.1, -0.05) is 47.6 Å². The molecule has 0 aromatic rings. The fraction of sp³-hybridized carbons (Fsp3) is 0.737. The van der Waals surface area contributed by atoms with Crippen LogP contribution >= 0.6 is 0 Å². The third-order valence-electron chi connectivity index (χ3n) is 5.27. The lowest BCUT2D eigenvalue weighted by Gasteiger charge is -2.40. The summed E-state index contributed by atoms with van der Waals surface area (Å²) in [6.07, 6.45) is 7.27. The minimum atomic E-state index is -2.01. The van der Waals surface area contributed by atoms with E-state index in [4.69, 9.17) is 8.85 Å². The van der Waals surface area contributed by atoms with Crippen LogP contribution in [0.1, 0.15) is 48.5 Å². The van der Waals surface area contributed by atoms with Crippen LogP contribution in [0.2, 0.25) is 36.3 Å². The van der Waals surface area contributed by atoms with Crippen molar-refractivity contribution >= 4 is 16.6 Å². The van der Waals surface area contributed by atoms with Gasteiger partial charge in [0.2, 0.25) is 8.32 Å². The minimum Gasteiger partial charge on any atom is -0.549 e. The summed E-state index contributed by atoms with van der Waals surface area (Å²) in [5, 5.41) is 9.80. The van der Waals surface area contributed by atoms with Gasteiger partial charge in [-0.05, 0) is 55.3 Å². The lowest BCUT2D eigenvalue weighted by Crippen LogP contribution is -2.47. The van der Waals surface area contributed by atoms with E-state index in [0.29, 0.717) is 0 Å². The molecular weight excluding hydrogens is 330 g/mol. The predicted octanol–water partition coefficient (Wildman–Crippen LogP) is 6.38. The number of rotatable bonds is 6. The first-order valence-corrected chi connectivity index (χ1v) is 14.4. The highest BCUT2D eigenvalue weighted by Crippen LogP contribution is 2.39. The quantitative estimate of drug-likeness (QED) is 0.310. The fourth-order valence-electron chi connectivity index (χ4n) is 1.45. The maximum atomic E-state index is 9.55. The van der Waals surface area contributed by atoms with E-state index in [9.17, 15) is 5.26 Å². The van der Waals surface area contributed by atoms with Gasteiger partial charge in [-0.15, -0.1) is 0 Å². The molecule has 1 atom stereocenters. The molecule has 0 rings (SSSR count). The molecule has 0 saturated carbocycles. The molecule has 0 N–H and O–H groups in total. The van der Waals surface area contributed by atoms with Gasteiger partial charge in [0.05, 0.1) is 6.26 Å². The number of allylic oxidation sites excluding steroid dienone is 2. The zero-order valence-corrected chi connectivity index (χ0v) is 19.6.